The van der Waals surface area contributed by atoms with Crippen LogP contribution in [-0.2, 0) is 17.8 Å². The molecule has 0 aliphatic rings. The van der Waals surface area contributed by atoms with E-state index in [1.165, 1.54) is 17.3 Å². The molecule has 168 valence electrons. The van der Waals surface area contributed by atoms with E-state index in [-0.39, 0.29) is 11.2 Å². The number of anilines is 1. The van der Waals surface area contributed by atoms with Gasteiger partial charge in [-0.1, -0.05) is 72.4 Å². The largest absolute Gasteiger partial charge is 0.496 e. The lowest BCUT2D eigenvalue weighted by molar-refractivity contribution is -0.115. The Labute approximate surface area is 198 Å². The number of ether oxygens (including phenoxy) is 1. The lowest BCUT2D eigenvalue weighted by Gasteiger charge is -2.15. The summed E-state index contributed by atoms with van der Waals surface area (Å²) in [5, 5.41) is 12.2. The number of hydrogen-bond donors (Lipinski definition) is 1. The van der Waals surface area contributed by atoms with Gasteiger partial charge in [-0.3, -0.25) is 4.79 Å². The summed E-state index contributed by atoms with van der Waals surface area (Å²) in [6.45, 7) is 2.56. The summed E-state index contributed by atoms with van der Waals surface area (Å²) in [5.41, 5.74) is 2.87. The Kier molecular flexibility index (Phi) is 7.42. The average molecular weight is 459 g/mol. The third kappa shape index (κ3) is 5.62. The average Bonchev–Trinajstić information content (AvgIpc) is 3.25. The molecular formula is C26H26N4O2S. The first-order valence-electron chi connectivity index (χ1n) is 10.8. The molecule has 0 radical (unpaired) electrons. The fourth-order valence-corrected chi connectivity index (χ4v) is 4.34. The lowest BCUT2D eigenvalue weighted by atomic mass is 10.1. The van der Waals surface area contributed by atoms with E-state index in [2.05, 4.69) is 32.2 Å². The van der Waals surface area contributed by atoms with Crippen molar-refractivity contribution >= 4 is 23.4 Å². The highest BCUT2D eigenvalue weighted by Gasteiger charge is 2.22. The zero-order valence-electron chi connectivity index (χ0n) is 18.6. The van der Waals surface area contributed by atoms with Crippen molar-refractivity contribution < 1.29 is 9.53 Å². The fraction of sp³-hybridized carbons (Fsp3) is 0.192. The predicted molar refractivity (Wildman–Crippen MR) is 133 cm³/mol. The molecule has 0 fully saturated rings. The van der Waals surface area contributed by atoms with Crippen molar-refractivity contribution in [2.24, 2.45) is 0 Å². The molecule has 4 aromatic rings. The highest BCUT2D eigenvalue weighted by atomic mass is 32.2. The SMILES string of the molecule is COc1ccccc1-c1nnc(SC(C)C(=O)Nc2ccccc2)n1CCc1ccccc1. The Morgan fingerprint density at radius 1 is 0.970 bits per heavy atom. The number of hydrogen-bond acceptors (Lipinski definition) is 5. The first kappa shape index (κ1) is 22.6. The predicted octanol–water partition coefficient (Wildman–Crippen LogP) is 5.32. The summed E-state index contributed by atoms with van der Waals surface area (Å²) < 4.78 is 7.63. The summed E-state index contributed by atoms with van der Waals surface area (Å²) >= 11 is 1.40. The molecular weight excluding hydrogens is 432 g/mol. The van der Waals surface area contributed by atoms with Crippen LogP contribution in [0.3, 0.4) is 0 Å². The monoisotopic (exact) mass is 458 g/mol. The highest BCUT2D eigenvalue weighted by Crippen LogP contribution is 2.32. The molecule has 4 rings (SSSR count). The number of nitrogens with one attached hydrogen (secondary N) is 1. The van der Waals surface area contributed by atoms with Crippen molar-refractivity contribution in [3.63, 3.8) is 0 Å². The minimum absolute atomic E-state index is 0.0809. The normalized spacial score (nSPS) is 11.7. The van der Waals surface area contributed by atoms with E-state index in [1.807, 2.05) is 79.7 Å². The van der Waals surface area contributed by atoms with Gasteiger partial charge in [0.05, 0.1) is 17.9 Å². The molecule has 1 aromatic heterocycles. The molecule has 1 unspecified atom stereocenters. The van der Waals surface area contributed by atoms with Crippen LogP contribution < -0.4 is 10.1 Å². The molecule has 0 saturated carbocycles. The first-order valence-corrected chi connectivity index (χ1v) is 11.7. The molecule has 1 N–H and O–H groups in total. The number of carbonyl (C=O) groups is 1. The third-order valence-electron chi connectivity index (χ3n) is 5.22. The van der Waals surface area contributed by atoms with Gasteiger partial charge in [0.2, 0.25) is 5.91 Å². The van der Waals surface area contributed by atoms with Crippen LogP contribution in [0.15, 0.2) is 90.1 Å². The van der Waals surface area contributed by atoms with Crippen LogP contribution in [0, 0.1) is 0 Å². The number of methoxy groups -OCH3 is 1. The quantitative estimate of drug-likeness (QED) is 0.344. The van der Waals surface area contributed by atoms with E-state index in [0.29, 0.717) is 11.7 Å². The molecule has 1 heterocycles. The van der Waals surface area contributed by atoms with Crippen LogP contribution in [0.5, 0.6) is 5.75 Å². The Balaban J connectivity index is 1.60. The van der Waals surface area contributed by atoms with E-state index in [1.54, 1.807) is 7.11 Å². The standard InChI is InChI=1S/C26H26N4O2S/c1-19(25(31)27-21-13-7-4-8-14-21)33-26-29-28-24(22-15-9-10-16-23(22)32-2)30(26)18-17-20-11-5-3-6-12-20/h3-16,19H,17-18H2,1-2H3,(H,27,31). The Morgan fingerprint density at radius 2 is 1.64 bits per heavy atom. The van der Waals surface area contributed by atoms with E-state index in [4.69, 9.17) is 4.74 Å². The maximum atomic E-state index is 12.8. The second-order valence-electron chi connectivity index (χ2n) is 7.51. The van der Waals surface area contributed by atoms with Crippen molar-refractivity contribution in [3.8, 4) is 17.1 Å². The van der Waals surface area contributed by atoms with Crippen LogP contribution in [0.1, 0.15) is 12.5 Å². The molecule has 6 nitrogen and oxygen atoms in total. The molecule has 0 bridgehead atoms. The maximum Gasteiger partial charge on any atom is 0.237 e. The zero-order valence-corrected chi connectivity index (χ0v) is 19.5. The second-order valence-corrected chi connectivity index (χ2v) is 8.82. The number of rotatable bonds is 9. The number of nitrogens with zero attached hydrogens (tertiary/aromatic N) is 3. The molecule has 0 aliphatic heterocycles. The summed E-state index contributed by atoms with van der Waals surface area (Å²) in [6, 6.07) is 27.5. The summed E-state index contributed by atoms with van der Waals surface area (Å²) in [7, 11) is 1.65. The van der Waals surface area contributed by atoms with E-state index in [0.717, 1.165) is 29.2 Å². The molecule has 1 amide bonds. The van der Waals surface area contributed by atoms with Gasteiger partial charge >= 0.3 is 0 Å². The summed E-state index contributed by atoms with van der Waals surface area (Å²) in [6.07, 6.45) is 0.819. The second kappa shape index (κ2) is 10.8. The smallest absolute Gasteiger partial charge is 0.237 e. The van der Waals surface area contributed by atoms with Crippen molar-refractivity contribution in [1.82, 2.24) is 14.8 Å². The maximum absolute atomic E-state index is 12.8. The molecule has 0 aliphatic carbocycles. The Hall–Kier alpha value is -3.58. The van der Waals surface area contributed by atoms with Gasteiger partial charge in [-0.25, -0.2) is 0 Å². The van der Waals surface area contributed by atoms with E-state index < -0.39 is 0 Å². The molecule has 3 aromatic carbocycles. The van der Waals surface area contributed by atoms with E-state index in [9.17, 15) is 4.79 Å². The molecule has 0 saturated heterocycles. The van der Waals surface area contributed by atoms with Crippen LogP contribution in [0.2, 0.25) is 0 Å². The molecule has 1 atom stereocenters. The van der Waals surface area contributed by atoms with Gasteiger partial charge < -0.3 is 14.6 Å². The summed E-state index contributed by atoms with van der Waals surface area (Å²) in [5.74, 6) is 1.38. The van der Waals surface area contributed by atoms with E-state index >= 15 is 0 Å². The number of benzene rings is 3. The van der Waals surface area contributed by atoms with Gasteiger partial charge in [-0.15, -0.1) is 10.2 Å². The van der Waals surface area contributed by atoms with Crippen molar-refractivity contribution in [3.05, 3.63) is 90.5 Å². The Bertz CT molecular complexity index is 1200. The van der Waals surface area contributed by atoms with Gasteiger partial charge in [0.25, 0.3) is 0 Å². The molecule has 7 heteroatoms. The molecule has 33 heavy (non-hydrogen) atoms. The van der Waals surface area contributed by atoms with Crippen molar-refractivity contribution in [1.29, 1.82) is 0 Å². The minimum atomic E-state index is -0.351. The summed E-state index contributed by atoms with van der Waals surface area (Å²) in [4.78, 5) is 12.8. The fourth-order valence-electron chi connectivity index (χ4n) is 3.47. The number of para-hydroxylation sites is 2. The third-order valence-corrected chi connectivity index (χ3v) is 6.30. The van der Waals surface area contributed by atoms with Crippen molar-refractivity contribution in [2.45, 2.75) is 30.3 Å². The highest BCUT2D eigenvalue weighted by molar-refractivity contribution is 8.00. The number of amides is 1. The first-order chi connectivity index (χ1) is 16.2. The number of aryl methyl sites for hydroxylation is 1. The minimum Gasteiger partial charge on any atom is -0.496 e. The zero-order chi connectivity index (χ0) is 23.0. The lowest BCUT2D eigenvalue weighted by Crippen LogP contribution is -2.23. The van der Waals surface area contributed by atoms with Gasteiger partial charge in [-0.05, 0) is 43.2 Å². The van der Waals surface area contributed by atoms with Gasteiger partial charge in [-0.2, -0.15) is 0 Å². The van der Waals surface area contributed by atoms with Crippen LogP contribution in [-0.4, -0.2) is 33.0 Å². The number of thioether (sulfide) groups is 1. The van der Waals surface area contributed by atoms with Gasteiger partial charge in [0.15, 0.2) is 11.0 Å². The van der Waals surface area contributed by atoms with Crippen LogP contribution in [0.4, 0.5) is 5.69 Å². The molecule has 0 spiro atoms. The Morgan fingerprint density at radius 3 is 2.36 bits per heavy atom. The van der Waals surface area contributed by atoms with Gasteiger partial charge in [0.1, 0.15) is 5.75 Å². The number of aromatic nitrogens is 3. The van der Waals surface area contributed by atoms with Gasteiger partial charge in [0, 0.05) is 12.2 Å². The van der Waals surface area contributed by atoms with Crippen LogP contribution in [0.25, 0.3) is 11.4 Å². The topological polar surface area (TPSA) is 69.0 Å². The van der Waals surface area contributed by atoms with Crippen molar-refractivity contribution in [2.75, 3.05) is 12.4 Å². The number of carbonyl (C=O) groups excluding carboxylic acids is 1. The van der Waals surface area contributed by atoms with Crippen LogP contribution >= 0.6 is 11.8 Å².